The standard InChI is InChI=1S/C14H22N4O3/c1-5-14(2,21)7-6-8-18-12(19)10-11(15-9-16(10)3)17(4)13(18)20/h9,21H,5-8H2,1-4H3. The third-order valence-electron chi connectivity index (χ3n) is 4.06. The predicted octanol–water partition coefficient (Wildman–Crippen LogP) is 0.375. The minimum Gasteiger partial charge on any atom is -0.390 e. The number of rotatable bonds is 5. The van der Waals surface area contributed by atoms with E-state index < -0.39 is 5.60 Å². The van der Waals surface area contributed by atoms with Crippen LogP contribution >= 0.6 is 0 Å². The maximum atomic E-state index is 12.4. The van der Waals surface area contributed by atoms with Gasteiger partial charge >= 0.3 is 5.69 Å². The molecule has 0 saturated carbocycles. The molecule has 0 radical (unpaired) electrons. The summed E-state index contributed by atoms with van der Waals surface area (Å²) < 4.78 is 4.22. The summed E-state index contributed by atoms with van der Waals surface area (Å²) in [5.41, 5.74) is -0.652. The van der Waals surface area contributed by atoms with Gasteiger partial charge in [-0.2, -0.15) is 0 Å². The molecule has 0 saturated heterocycles. The molecule has 1 N–H and O–H groups in total. The van der Waals surface area contributed by atoms with Gasteiger partial charge in [0, 0.05) is 20.6 Å². The SMILES string of the molecule is CCC(C)(O)CCCn1c(=O)c2c(ncn2C)n(C)c1=O. The first-order chi connectivity index (χ1) is 9.78. The molecule has 7 heteroatoms. The molecule has 0 bridgehead atoms. The molecule has 0 spiro atoms. The molecule has 0 fully saturated rings. The normalized spacial score (nSPS) is 14.5. The van der Waals surface area contributed by atoms with Crippen molar-refractivity contribution in [3.8, 4) is 0 Å². The van der Waals surface area contributed by atoms with Crippen molar-refractivity contribution in [2.24, 2.45) is 14.1 Å². The van der Waals surface area contributed by atoms with Gasteiger partial charge in [-0.3, -0.25) is 13.9 Å². The zero-order valence-corrected chi connectivity index (χ0v) is 13.0. The van der Waals surface area contributed by atoms with Crippen LogP contribution in [0.5, 0.6) is 0 Å². The van der Waals surface area contributed by atoms with Gasteiger partial charge in [-0.15, -0.1) is 0 Å². The highest BCUT2D eigenvalue weighted by molar-refractivity contribution is 5.69. The quantitative estimate of drug-likeness (QED) is 0.864. The Kier molecular flexibility index (Phi) is 4.04. The lowest BCUT2D eigenvalue weighted by Crippen LogP contribution is -2.40. The predicted molar refractivity (Wildman–Crippen MR) is 80.4 cm³/mol. The fourth-order valence-corrected chi connectivity index (χ4v) is 2.39. The maximum Gasteiger partial charge on any atom is 0.332 e. The van der Waals surface area contributed by atoms with Crippen molar-refractivity contribution in [1.82, 2.24) is 18.7 Å². The first kappa shape index (κ1) is 15.5. The van der Waals surface area contributed by atoms with Crippen molar-refractivity contribution in [2.45, 2.75) is 45.3 Å². The highest BCUT2D eigenvalue weighted by Crippen LogP contribution is 2.16. The van der Waals surface area contributed by atoms with Crippen LogP contribution in [0.1, 0.15) is 33.1 Å². The second-order valence-electron chi connectivity index (χ2n) is 5.78. The molecule has 0 aliphatic carbocycles. The molecule has 1 unspecified atom stereocenters. The van der Waals surface area contributed by atoms with Gasteiger partial charge in [0.2, 0.25) is 0 Å². The number of fused-ring (bicyclic) bond motifs is 1. The van der Waals surface area contributed by atoms with E-state index in [1.165, 1.54) is 15.5 Å². The van der Waals surface area contributed by atoms with Gasteiger partial charge in [0.1, 0.15) is 0 Å². The Bertz CT molecular complexity index is 767. The van der Waals surface area contributed by atoms with E-state index in [2.05, 4.69) is 4.98 Å². The Morgan fingerprint density at radius 3 is 2.62 bits per heavy atom. The molecule has 0 aliphatic rings. The van der Waals surface area contributed by atoms with E-state index in [-0.39, 0.29) is 11.2 Å². The van der Waals surface area contributed by atoms with Crippen molar-refractivity contribution in [3.63, 3.8) is 0 Å². The van der Waals surface area contributed by atoms with Crippen LogP contribution in [0.2, 0.25) is 0 Å². The lowest BCUT2D eigenvalue weighted by molar-refractivity contribution is 0.0436. The highest BCUT2D eigenvalue weighted by atomic mass is 16.3. The molecule has 2 rings (SSSR count). The number of aromatic nitrogens is 4. The van der Waals surface area contributed by atoms with Crippen LogP contribution in [0.15, 0.2) is 15.9 Å². The van der Waals surface area contributed by atoms with Crippen molar-refractivity contribution in [3.05, 3.63) is 27.2 Å². The van der Waals surface area contributed by atoms with Gasteiger partial charge in [0.15, 0.2) is 11.2 Å². The average Bonchev–Trinajstić information content (AvgIpc) is 2.82. The smallest absolute Gasteiger partial charge is 0.332 e. The Balaban J connectivity index is 2.39. The molecule has 7 nitrogen and oxygen atoms in total. The van der Waals surface area contributed by atoms with E-state index in [4.69, 9.17) is 0 Å². The van der Waals surface area contributed by atoms with E-state index in [9.17, 15) is 14.7 Å². The molecular formula is C14H22N4O3. The van der Waals surface area contributed by atoms with E-state index in [0.717, 1.165) is 0 Å². The molecule has 2 aromatic heterocycles. The lowest BCUT2D eigenvalue weighted by atomic mass is 9.97. The molecule has 2 aromatic rings. The van der Waals surface area contributed by atoms with Crippen LogP contribution in [0.3, 0.4) is 0 Å². The largest absolute Gasteiger partial charge is 0.390 e. The Morgan fingerprint density at radius 2 is 2.00 bits per heavy atom. The van der Waals surface area contributed by atoms with Crippen LogP contribution in [-0.2, 0) is 20.6 Å². The van der Waals surface area contributed by atoms with Crippen molar-refractivity contribution in [1.29, 1.82) is 0 Å². The van der Waals surface area contributed by atoms with E-state index >= 15 is 0 Å². The summed E-state index contributed by atoms with van der Waals surface area (Å²) in [7, 11) is 3.34. The van der Waals surface area contributed by atoms with Gasteiger partial charge in [0.25, 0.3) is 5.56 Å². The van der Waals surface area contributed by atoms with Crippen LogP contribution in [0.25, 0.3) is 11.2 Å². The van der Waals surface area contributed by atoms with Gasteiger partial charge in [-0.25, -0.2) is 9.78 Å². The molecule has 116 valence electrons. The van der Waals surface area contributed by atoms with Crippen LogP contribution in [0.4, 0.5) is 0 Å². The Hall–Kier alpha value is -1.89. The highest BCUT2D eigenvalue weighted by Gasteiger charge is 2.18. The van der Waals surface area contributed by atoms with E-state index in [1.807, 2.05) is 6.92 Å². The molecule has 0 amide bonds. The fraction of sp³-hybridized carbons (Fsp3) is 0.643. The molecule has 1 atom stereocenters. The average molecular weight is 294 g/mol. The fourth-order valence-electron chi connectivity index (χ4n) is 2.39. The van der Waals surface area contributed by atoms with Crippen molar-refractivity contribution in [2.75, 3.05) is 0 Å². The van der Waals surface area contributed by atoms with Crippen molar-refractivity contribution >= 4 is 11.2 Å². The summed E-state index contributed by atoms with van der Waals surface area (Å²) in [4.78, 5) is 28.8. The van der Waals surface area contributed by atoms with E-state index in [0.29, 0.717) is 37.0 Å². The minimum absolute atomic E-state index is 0.294. The Morgan fingerprint density at radius 1 is 1.33 bits per heavy atom. The summed E-state index contributed by atoms with van der Waals surface area (Å²) in [5.74, 6) is 0. The molecule has 2 heterocycles. The lowest BCUT2D eigenvalue weighted by Gasteiger charge is -2.21. The number of hydrogen-bond donors (Lipinski definition) is 1. The van der Waals surface area contributed by atoms with Crippen molar-refractivity contribution < 1.29 is 5.11 Å². The summed E-state index contributed by atoms with van der Waals surface area (Å²) in [6, 6.07) is 0. The third-order valence-corrected chi connectivity index (χ3v) is 4.06. The topological polar surface area (TPSA) is 82.1 Å². The minimum atomic E-state index is -0.758. The second-order valence-corrected chi connectivity index (χ2v) is 5.78. The van der Waals surface area contributed by atoms with E-state index in [1.54, 1.807) is 25.6 Å². The third kappa shape index (κ3) is 2.78. The summed E-state index contributed by atoms with van der Waals surface area (Å²) in [6.45, 7) is 3.97. The number of aliphatic hydroxyl groups is 1. The molecular weight excluding hydrogens is 272 g/mol. The first-order valence-electron chi connectivity index (χ1n) is 7.11. The monoisotopic (exact) mass is 294 g/mol. The zero-order valence-electron chi connectivity index (χ0n) is 13.0. The van der Waals surface area contributed by atoms with Gasteiger partial charge < -0.3 is 9.67 Å². The Labute approximate surface area is 122 Å². The second kappa shape index (κ2) is 5.48. The van der Waals surface area contributed by atoms with Gasteiger partial charge in [0.05, 0.1) is 11.9 Å². The van der Waals surface area contributed by atoms with Gasteiger partial charge in [-0.1, -0.05) is 6.92 Å². The number of nitrogens with zero attached hydrogens (tertiary/aromatic N) is 4. The first-order valence-corrected chi connectivity index (χ1v) is 7.11. The van der Waals surface area contributed by atoms with Gasteiger partial charge in [-0.05, 0) is 26.2 Å². The number of aryl methyl sites for hydroxylation is 2. The van der Waals surface area contributed by atoms with Crippen LogP contribution in [0, 0.1) is 0 Å². The molecule has 0 aliphatic heterocycles. The molecule has 0 aromatic carbocycles. The summed E-state index contributed by atoms with van der Waals surface area (Å²) >= 11 is 0. The molecule has 21 heavy (non-hydrogen) atoms. The maximum absolute atomic E-state index is 12.4. The number of hydrogen-bond acceptors (Lipinski definition) is 4. The summed E-state index contributed by atoms with van der Waals surface area (Å²) in [5, 5.41) is 9.99. The summed E-state index contributed by atoms with van der Waals surface area (Å²) in [6.07, 6.45) is 3.28. The van der Waals surface area contributed by atoms with Crippen LogP contribution in [-0.4, -0.2) is 29.4 Å². The number of imidazole rings is 1. The van der Waals surface area contributed by atoms with Crippen LogP contribution < -0.4 is 11.2 Å². The zero-order chi connectivity index (χ0) is 15.8.